The molecule has 0 aromatic heterocycles. The number of hydrogen-bond donors (Lipinski definition) is 2. The first kappa shape index (κ1) is 21.1. The number of benzene rings is 1. The molecule has 3 amide bonds. The van der Waals surface area contributed by atoms with Crippen molar-refractivity contribution in [2.24, 2.45) is 0 Å². The SMILES string of the molecule is COc1ccc(NC(=O)NC(=O)CN2CCC(N(C)S(C)(=O)=O)CC2)cc1. The van der Waals surface area contributed by atoms with Gasteiger partial charge in [-0.05, 0) is 37.1 Å². The van der Waals surface area contributed by atoms with E-state index < -0.39 is 22.0 Å². The molecule has 0 spiro atoms. The summed E-state index contributed by atoms with van der Waals surface area (Å²) >= 11 is 0. The summed E-state index contributed by atoms with van der Waals surface area (Å²) in [6, 6.07) is 6.09. The fourth-order valence-corrected chi connectivity index (χ4v) is 3.67. The number of anilines is 1. The van der Waals surface area contributed by atoms with Gasteiger partial charge in [0.25, 0.3) is 0 Å². The summed E-state index contributed by atoms with van der Waals surface area (Å²) in [7, 11) is -0.0917. The zero-order chi connectivity index (χ0) is 20.0. The van der Waals surface area contributed by atoms with Crippen LogP contribution in [-0.2, 0) is 14.8 Å². The number of urea groups is 1. The number of carbonyl (C=O) groups excluding carboxylic acids is 2. The minimum Gasteiger partial charge on any atom is -0.497 e. The number of sulfonamides is 1. The molecule has 1 heterocycles. The van der Waals surface area contributed by atoms with Crippen LogP contribution in [0.3, 0.4) is 0 Å². The Kier molecular flexibility index (Phi) is 7.17. The van der Waals surface area contributed by atoms with Crippen LogP contribution in [0.25, 0.3) is 0 Å². The minimum absolute atomic E-state index is 0.0577. The highest BCUT2D eigenvalue weighted by molar-refractivity contribution is 7.88. The van der Waals surface area contributed by atoms with E-state index in [1.807, 2.05) is 4.90 Å². The van der Waals surface area contributed by atoms with E-state index in [-0.39, 0.29) is 12.6 Å². The van der Waals surface area contributed by atoms with Crippen molar-refractivity contribution in [2.45, 2.75) is 18.9 Å². The molecule has 150 valence electrons. The number of rotatable bonds is 6. The predicted molar refractivity (Wildman–Crippen MR) is 102 cm³/mol. The van der Waals surface area contributed by atoms with Gasteiger partial charge in [-0.3, -0.25) is 15.0 Å². The van der Waals surface area contributed by atoms with Crippen LogP contribution in [0.1, 0.15) is 12.8 Å². The van der Waals surface area contributed by atoms with Gasteiger partial charge in [-0.15, -0.1) is 0 Å². The molecular formula is C17H26N4O5S. The van der Waals surface area contributed by atoms with Crippen LogP contribution < -0.4 is 15.4 Å². The average Bonchev–Trinajstić information content (AvgIpc) is 2.61. The smallest absolute Gasteiger partial charge is 0.325 e. The number of likely N-dealkylation sites (tertiary alicyclic amines) is 1. The highest BCUT2D eigenvalue weighted by Crippen LogP contribution is 2.17. The molecule has 2 rings (SSSR count). The molecule has 1 saturated heterocycles. The first-order valence-electron chi connectivity index (χ1n) is 8.59. The molecule has 27 heavy (non-hydrogen) atoms. The Labute approximate surface area is 159 Å². The molecule has 0 saturated carbocycles. The third kappa shape index (κ3) is 6.49. The van der Waals surface area contributed by atoms with Crippen molar-refractivity contribution in [2.75, 3.05) is 45.4 Å². The lowest BCUT2D eigenvalue weighted by Crippen LogP contribution is -2.48. The Morgan fingerprint density at radius 2 is 1.81 bits per heavy atom. The van der Waals surface area contributed by atoms with E-state index in [9.17, 15) is 18.0 Å². The number of hydrogen-bond acceptors (Lipinski definition) is 6. The van der Waals surface area contributed by atoms with Crippen molar-refractivity contribution in [1.29, 1.82) is 0 Å². The van der Waals surface area contributed by atoms with Crippen LogP contribution >= 0.6 is 0 Å². The van der Waals surface area contributed by atoms with Gasteiger partial charge in [0.2, 0.25) is 15.9 Å². The van der Waals surface area contributed by atoms with Crippen molar-refractivity contribution in [3.8, 4) is 5.75 Å². The monoisotopic (exact) mass is 398 g/mol. The fourth-order valence-electron chi connectivity index (χ4n) is 2.92. The summed E-state index contributed by atoms with van der Waals surface area (Å²) in [5.41, 5.74) is 0.547. The quantitative estimate of drug-likeness (QED) is 0.730. The van der Waals surface area contributed by atoms with Crippen LogP contribution in [0, 0.1) is 0 Å². The second kappa shape index (κ2) is 9.16. The van der Waals surface area contributed by atoms with E-state index in [2.05, 4.69) is 10.6 Å². The Morgan fingerprint density at radius 1 is 1.22 bits per heavy atom. The molecule has 0 bridgehead atoms. The number of ether oxygens (including phenoxy) is 1. The maximum atomic E-state index is 12.0. The molecular weight excluding hydrogens is 372 g/mol. The number of nitrogens with zero attached hydrogens (tertiary/aromatic N) is 2. The minimum atomic E-state index is -3.22. The summed E-state index contributed by atoms with van der Waals surface area (Å²) in [6.07, 6.45) is 2.48. The Hall–Kier alpha value is -2.17. The zero-order valence-electron chi connectivity index (χ0n) is 15.8. The highest BCUT2D eigenvalue weighted by atomic mass is 32.2. The highest BCUT2D eigenvalue weighted by Gasteiger charge is 2.28. The lowest BCUT2D eigenvalue weighted by molar-refractivity contribution is -0.121. The fraction of sp³-hybridized carbons (Fsp3) is 0.529. The summed E-state index contributed by atoms with van der Waals surface area (Å²) in [4.78, 5) is 25.9. The maximum absolute atomic E-state index is 12.0. The number of piperidine rings is 1. The number of amides is 3. The number of methoxy groups -OCH3 is 1. The van der Waals surface area contributed by atoms with E-state index in [1.165, 1.54) is 10.6 Å². The van der Waals surface area contributed by atoms with Gasteiger partial charge in [-0.1, -0.05) is 0 Å². The summed E-state index contributed by atoms with van der Waals surface area (Å²) < 4.78 is 29.6. The third-order valence-corrected chi connectivity index (χ3v) is 5.91. The van der Waals surface area contributed by atoms with E-state index in [4.69, 9.17) is 4.74 Å². The predicted octanol–water partition coefficient (Wildman–Crippen LogP) is 0.699. The van der Waals surface area contributed by atoms with Crippen molar-refractivity contribution in [3.63, 3.8) is 0 Å². The largest absolute Gasteiger partial charge is 0.497 e. The molecule has 1 fully saturated rings. The molecule has 1 aromatic rings. The van der Waals surface area contributed by atoms with Crippen molar-refractivity contribution < 1.29 is 22.7 Å². The van der Waals surface area contributed by atoms with Crippen LogP contribution in [0.4, 0.5) is 10.5 Å². The van der Waals surface area contributed by atoms with Gasteiger partial charge < -0.3 is 10.1 Å². The van der Waals surface area contributed by atoms with Gasteiger partial charge in [0.15, 0.2) is 0 Å². The average molecular weight is 398 g/mol. The van der Waals surface area contributed by atoms with Gasteiger partial charge in [0.1, 0.15) is 5.75 Å². The normalized spacial score (nSPS) is 16.1. The molecule has 0 atom stereocenters. The topological polar surface area (TPSA) is 108 Å². The van der Waals surface area contributed by atoms with E-state index in [0.717, 1.165) is 0 Å². The van der Waals surface area contributed by atoms with E-state index in [0.29, 0.717) is 37.4 Å². The van der Waals surface area contributed by atoms with Crippen LogP contribution in [0.5, 0.6) is 5.75 Å². The summed E-state index contributed by atoms with van der Waals surface area (Å²) in [5, 5.41) is 4.88. The number of imide groups is 1. The molecule has 2 N–H and O–H groups in total. The maximum Gasteiger partial charge on any atom is 0.325 e. The van der Waals surface area contributed by atoms with E-state index in [1.54, 1.807) is 38.4 Å². The third-order valence-electron chi connectivity index (χ3n) is 4.56. The molecule has 1 aromatic carbocycles. The van der Waals surface area contributed by atoms with Gasteiger partial charge in [0, 0.05) is 31.9 Å². The number of carbonyl (C=O) groups is 2. The lowest BCUT2D eigenvalue weighted by atomic mass is 10.1. The Bertz CT molecular complexity index is 758. The van der Waals surface area contributed by atoms with Crippen LogP contribution in [0.15, 0.2) is 24.3 Å². The van der Waals surface area contributed by atoms with Gasteiger partial charge >= 0.3 is 6.03 Å². The van der Waals surface area contributed by atoms with Gasteiger partial charge in [-0.25, -0.2) is 17.5 Å². The second-order valence-corrected chi connectivity index (χ2v) is 8.56. The standard InChI is InChI=1S/C17H26N4O5S/c1-20(27(3,24)25)14-8-10-21(11-9-14)12-16(22)19-17(23)18-13-4-6-15(26-2)7-5-13/h4-7,14H,8-12H2,1-3H3,(H2,18,19,22,23). The van der Waals surface area contributed by atoms with Crippen LogP contribution in [0.2, 0.25) is 0 Å². The summed E-state index contributed by atoms with van der Waals surface area (Å²) in [5.74, 6) is 0.262. The molecule has 0 aliphatic carbocycles. The molecule has 1 aliphatic heterocycles. The Morgan fingerprint density at radius 3 is 2.33 bits per heavy atom. The first-order valence-corrected chi connectivity index (χ1v) is 10.4. The second-order valence-electron chi connectivity index (χ2n) is 6.52. The molecule has 10 heteroatoms. The molecule has 0 radical (unpaired) electrons. The van der Waals surface area contributed by atoms with Crippen molar-refractivity contribution >= 4 is 27.6 Å². The Balaban J connectivity index is 1.75. The molecule has 1 aliphatic rings. The number of nitrogens with one attached hydrogen (secondary N) is 2. The van der Waals surface area contributed by atoms with Gasteiger partial charge in [0.05, 0.1) is 19.9 Å². The molecule has 0 unspecified atom stereocenters. The first-order chi connectivity index (χ1) is 12.7. The van der Waals surface area contributed by atoms with Gasteiger partial charge in [-0.2, -0.15) is 0 Å². The van der Waals surface area contributed by atoms with Crippen LogP contribution in [-0.4, -0.2) is 75.7 Å². The zero-order valence-corrected chi connectivity index (χ0v) is 16.6. The van der Waals surface area contributed by atoms with Crippen molar-refractivity contribution in [1.82, 2.24) is 14.5 Å². The molecule has 9 nitrogen and oxygen atoms in total. The lowest BCUT2D eigenvalue weighted by Gasteiger charge is -2.35. The van der Waals surface area contributed by atoms with E-state index >= 15 is 0 Å². The van der Waals surface area contributed by atoms with Crippen molar-refractivity contribution in [3.05, 3.63) is 24.3 Å². The summed E-state index contributed by atoms with van der Waals surface area (Å²) in [6.45, 7) is 1.28.